The maximum atomic E-state index is 11.8. The van der Waals surface area contributed by atoms with Gasteiger partial charge in [0.25, 0.3) is 0 Å². The number of benzene rings is 2. The SMILES string of the molecule is COc1ccc(OCCNC(=O)NCc2ccc3c(c2)OCO3)cc1. The third-order valence-electron chi connectivity index (χ3n) is 3.61. The van der Waals surface area contributed by atoms with Crippen LogP contribution in [0, 0.1) is 0 Å². The average Bonchev–Trinajstić information content (AvgIpc) is 3.12. The number of carbonyl (C=O) groups excluding carboxylic acids is 1. The van der Waals surface area contributed by atoms with Crippen LogP contribution >= 0.6 is 0 Å². The van der Waals surface area contributed by atoms with E-state index in [9.17, 15) is 4.79 Å². The van der Waals surface area contributed by atoms with E-state index in [1.165, 1.54) is 0 Å². The lowest BCUT2D eigenvalue weighted by molar-refractivity contribution is 0.174. The fourth-order valence-electron chi connectivity index (χ4n) is 2.30. The van der Waals surface area contributed by atoms with Crippen molar-refractivity contribution in [2.45, 2.75) is 6.54 Å². The minimum atomic E-state index is -0.254. The zero-order chi connectivity index (χ0) is 17.5. The van der Waals surface area contributed by atoms with Crippen molar-refractivity contribution in [1.82, 2.24) is 10.6 Å². The summed E-state index contributed by atoms with van der Waals surface area (Å²) in [5.41, 5.74) is 0.939. The van der Waals surface area contributed by atoms with E-state index in [1.54, 1.807) is 7.11 Å². The number of hydrogen-bond donors (Lipinski definition) is 2. The number of fused-ring (bicyclic) bond motifs is 1. The minimum Gasteiger partial charge on any atom is -0.497 e. The van der Waals surface area contributed by atoms with E-state index >= 15 is 0 Å². The fraction of sp³-hybridized carbons (Fsp3) is 0.278. The molecule has 2 aromatic carbocycles. The molecule has 0 unspecified atom stereocenters. The average molecular weight is 344 g/mol. The molecule has 0 spiro atoms. The molecule has 0 saturated carbocycles. The second kappa shape index (κ2) is 8.14. The number of hydrogen-bond acceptors (Lipinski definition) is 5. The molecule has 132 valence electrons. The summed E-state index contributed by atoms with van der Waals surface area (Å²) >= 11 is 0. The second-order valence-corrected chi connectivity index (χ2v) is 5.32. The molecule has 7 nitrogen and oxygen atoms in total. The summed E-state index contributed by atoms with van der Waals surface area (Å²) in [6, 6.07) is 12.6. The lowest BCUT2D eigenvalue weighted by atomic mass is 10.2. The summed E-state index contributed by atoms with van der Waals surface area (Å²) in [6.07, 6.45) is 0. The van der Waals surface area contributed by atoms with E-state index in [4.69, 9.17) is 18.9 Å². The van der Waals surface area contributed by atoms with Gasteiger partial charge < -0.3 is 29.6 Å². The number of rotatable bonds is 7. The van der Waals surface area contributed by atoms with Crippen LogP contribution in [0.5, 0.6) is 23.0 Å². The lowest BCUT2D eigenvalue weighted by Crippen LogP contribution is -2.37. The van der Waals surface area contributed by atoms with E-state index in [-0.39, 0.29) is 12.8 Å². The largest absolute Gasteiger partial charge is 0.497 e. The van der Waals surface area contributed by atoms with Crippen LogP contribution in [0.1, 0.15) is 5.56 Å². The lowest BCUT2D eigenvalue weighted by Gasteiger charge is -2.10. The summed E-state index contributed by atoms with van der Waals surface area (Å²) in [5, 5.41) is 5.53. The van der Waals surface area contributed by atoms with Crippen molar-refractivity contribution in [3.05, 3.63) is 48.0 Å². The summed E-state index contributed by atoms with van der Waals surface area (Å²) in [5.74, 6) is 2.92. The Hall–Kier alpha value is -3.09. The van der Waals surface area contributed by atoms with Gasteiger partial charge in [-0.05, 0) is 42.0 Å². The Morgan fingerprint density at radius 3 is 2.60 bits per heavy atom. The maximum absolute atomic E-state index is 11.8. The summed E-state index contributed by atoms with van der Waals surface area (Å²) in [4.78, 5) is 11.8. The van der Waals surface area contributed by atoms with Crippen LogP contribution in [0.2, 0.25) is 0 Å². The number of amides is 2. The molecule has 2 amide bonds. The van der Waals surface area contributed by atoms with Gasteiger partial charge in [0.15, 0.2) is 11.5 Å². The number of ether oxygens (including phenoxy) is 4. The van der Waals surface area contributed by atoms with E-state index in [2.05, 4.69) is 10.6 Å². The monoisotopic (exact) mass is 344 g/mol. The predicted molar refractivity (Wildman–Crippen MR) is 91.3 cm³/mol. The zero-order valence-electron chi connectivity index (χ0n) is 13.9. The molecule has 25 heavy (non-hydrogen) atoms. The minimum absolute atomic E-state index is 0.237. The van der Waals surface area contributed by atoms with Gasteiger partial charge in [0.1, 0.15) is 18.1 Å². The van der Waals surface area contributed by atoms with Crippen molar-refractivity contribution in [2.24, 2.45) is 0 Å². The van der Waals surface area contributed by atoms with Crippen LogP contribution in [0.3, 0.4) is 0 Å². The molecular formula is C18H20N2O5. The Kier molecular flexibility index (Phi) is 5.46. The van der Waals surface area contributed by atoms with Gasteiger partial charge in [-0.1, -0.05) is 6.07 Å². The molecule has 0 bridgehead atoms. The number of carbonyl (C=O) groups is 1. The number of nitrogens with one attached hydrogen (secondary N) is 2. The molecule has 0 aromatic heterocycles. The molecule has 0 atom stereocenters. The quantitative estimate of drug-likeness (QED) is 0.754. The molecule has 0 fully saturated rings. The highest BCUT2D eigenvalue weighted by molar-refractivity contribution is 5.73. The molecule has 7 heteroatoms. The van der Waals surface area contributed by atoms with Crippen molar-refractivity contribution >= 4 is 6.03 Å². The number of methoxy groups -OCH3 is 1. The second-order valence-electron chi connectivity index (χ2n) is 5.32. The van der Waals surface area contributed by atoms with Gasteiger partial charge in [0.05, 0.1) is 13.7 Å². The Morgan fingerprint density at radius 2 is 1.80 bits per heavy atom. The Labute approximate surface area is 145 Å². The van der Waals surface area contributed by atoms with E-state index in [0.29, 0.717) is 25.4 Å². The van der Waals surface area contributed by atoms with E-state index in [1.807, 2.05) is 42.5 Å². The van der Waals surface area contributed by atoms with E-state index < -0.39 is 0 Å². The van der Waals surface area contributed by atoms with Crippen LogP contribution in [-0.4, -0.2) is 33.1 Å². The first-order valence-electron chi connectivity index (χ1n) is 7.91. The van der Waals surface area contributed by atoms with Gasteiger partial charge in [-0.2, -0.15) is 0 Å². The standard InChI is InChI=1S/C18H20N2O5/c1-22-14-3-5-15(6-4-14)23-9-8-19-18(21)20-11-13-2-7-16-17(10-13)25-12-24-16/h2-7,10H,8-9,11-12H2,1H3,(H2,19,20,21). The first-order chi connectivity index (χ1) is 12.2. The van der Waals surface area contributed by atoms with Gasteiger partial charge in [-0.3, -0.25) is 0 Å². The van der Waals surface area contributed by atoms with Crippen molar-refractivity contribution in [2.75, 3.05) is 27.1 Å². The zero-order valence-corrected chi connectivity index (χ0v) is 13.9. The highest BCUT2D eigenvalue weighted by Gasteiger charge is 2.13. The smallest absolute Gasteiger partial charge is 0.315 e. The molecular weight excluding hydrogens is 324 g/mol. The topological polar surface area (TPSA) is 78.1 Å². The third-order valence-corrected chi connectivity index (χ3v) is 3.61. The normalized spacial score (nSPS) is 11.7. The van der Waals surface area contributed by atoms with Crippen LogP contribution in [-0.2, 0) is 6.54 Å². The summed E-state index contributed by atoms with van der Waals surface area (Å²) in [6.45, 7) is 1.42. The Balaban J connectivity index is 1.34. The van der Waals surface area contributed by atoms with Crippen molar-refractivity contribution in [3.8, 4) is 23.0 Å². The first kappa shape index (κ1) is 16.8. The van der Waals surface area contributed by atoms with Crippen molar-refractivity contribution in [3.63, 3.8) is 0 Å². The highest BCUT2D eigenvalue weighted by Crippen LogP contribution is 2.32. The first-order valence-corrected chi connectivity index (χ1v) is 7.91. The summed E-state index contributed by atoms with van der Waals surface area (Å²) in [7, 11) is 1.61. The molecule has 1 heterocycles. The van der Waals surface area contributed by atoms with Gasteiger partial charge >= 0.3 is 6.03 Å². The highest BCUT2D eigenvalue weighted by atomic mass is 16.7. The van der Waals surface area contributed by atoms with Crippen LogP contribution in [0.15, 0.2) is 42.5 Å². The molecule has 0 saturated heterocycles. The summed E-state index contributed by atoms with van der Waals surface area (Å²) < 4.78 is 21.2. The molecule has 0 aliphatic carbocycles. The Morgan fingerprint density at radius 1 is 1.04 bits per heavy atom. The van der Waals surface area contributed by atoms with Gasteiger partial charge in [-0.15, -0.1) is 0 Å². The molecule has 0 radical (unpaired) electrons. The van der Waals surface area contributed by atoms with Gasteiger partial charge in [0.2, 0.25) is 6.79 Å². The van der Waals surface area contributed by atoms with Crippen molar-refractivity contribution < 1.29 is 23.7 Å². The van der Waals surface area contributed by atoms with Crippen LogP contribution in [0.4, 0.5) is 4.79 Å². The Bertz CT molecular complexity index is 718. The van der Waals surface area contributed by atoms with Gasteiger partial charge in [-0.25, -0.2) is 4.79 Å². The predicted octanol–water partition coefficient (Wildman–Crippen LogP) is 2.30. The third kappa shape index (κ3) is 4.69. The molecule has 3 rings (SSSR count). The molecule has 2 N–H and O–H groups in total. The molecule has 1 aliphatic rings. The number of urea groups is 1. The van der Waals surface area contributed by atoms with Crippen molar-refractivity contribution in [1.29, 1.82) is 0 Å². The molecule has 1 aliphatic heterocycles. The maximum Gasteiger partial charge on any atom is 0.315 e. The fourth-order valence-corrected chi connectivity index (χ4v) is 2.30. The van der Waals surface area contributed by atoms with Crippen LogP contribution < -0.4 is 29.6 Å². The van der Waals surface area contributed by atoms with Gasteiger partial charge in [0, 0.05) is 6.54 Å². The molecule has 2 aromatic rings. The van der Waals surface area contributed by atoms with Crippen LogP contribution in [0.25, 0.3) is 0 Å². The van der Waals surface area contributed by atoms with E-state index in [0.717, 1.165) is 22.8 Å².